The van der Waals surface area contributed by atoms with E-state index in [4.69, 9.17) is 4.74 Å². The van der Waals surface area contributed by atoms with Gasteiger partial charge in [-0.05, 0) is 38.2 Å². The molecule has 0 aliphatic carbocycles. The maximum absolute atomic E-state index is 14.0. The number of fused-ring (bicyclic) bond motifs is 2. The van der Waals surface area contributed by atoms with Crippen LogP contribution in [0.1, 0.15) is 17.3 Å². The third kappa shape index (κ3) is 5.96. The van der Waals surface area contributed by atoms with E-state index in [-0.39, 0.29) is 40.1 Å². The molecule has 2 aromatic carbocycles. The number of ether oxygens (including phenoxy) is 1. The Kier molecular flexibility index (Phi) is 9.06. The summed E-state index contributed by atoms with van der Waals surface area (Å²) in [6, 6.07) is 10.8. The number of amides is 2. The summed E-state index contributed by atoms with van der Waals surface area (Å²) in [5.74, 6) is -0.384. The number of nitrogens with zero attached hydrogens (tertiary/aromatic N) is 7. The second-order valence-electron chi connectivity index (χ2n) is 11.8. The molecule has 1 saturated heterocycles. The van der Waals surface area contributed by atoms with Crippen molar-refractivity contribution in [3.63, 3.8) is 0 Å². The van der Waals surface area contributed by atoms with Crippen LogP contribution >= 0.6 is 12.4 Å². The lowest BCUT2D eigenvalue weighted by molar-refractivity contribution is -0.121. The molecule has 256 valence electrons. The summed E-state index contributed by atoms with van der Waals surface area (Å²) in [6.45, 7) is 4.95. The number of aromatic amines is 1. The predicted octanol–water partition coefficient (Wildman–Crippen LogP) is 3.46. The number of likely N-dealkylation sites (N-methyl/N-ethyl adjacent to an activating group) is 1. The molecule has 3 N–H and O–H groups in total. The number of methoxy groups -OCH3 is 1. The number of H-pyrrole nitrogens is 1. The lowest BCUT2D eigenvalue weighted by Crippen LogP contribution is -2.51. The first kappa shape index (κ1) is 33.9. The Morgan fingerprint density at radius 3 is 2.55 bits per heavy atom. The molecule has 0 spiro atoms. The van der Waals surface area contributed by atoms with Crippen molar-refractivity contribution in [1.29, 1.82) is 0 Å². The van der Waals surface area contributed by atoms with E-state index in [0.29, 0.717) is 39.7 Å². The summed E-state index contributed by atoms with van der Waals surface area (Å²) >= 11 is 0. The number of carbonyl (C=O) groups excluding carboxylic acids is 2. The van der Waals surface area contributed by atoms with E-state index in [1.807, 2.05) is 20.0 Å². The van der Waals surface area contributed by atoms with Gasteiger partial charge >= 0.3 is 0 Å². The van der Waals surface area contributed by atoms with E-state index >= 15 is 0 Å². The number of para-hydroxylation sites is 1. The molecule has 7 rings (SSSR count). The van der Waals surface area contributed by atoms with E-state index in [2.05, 4.69) is 40.5 Å². The Balaban J connectivity index is 0.00000417. The fourth-order valence-electron chi connectivity index (χ4n) is 6.14. The molecular formula is C32H35ClN10O5S. The zero-order chi connectivity index (χ0) is 33.7. The molecule has 17 heteroatoms. The summed E-state index contributed by atoms with van der Waals surface area (Å²) in [4.78, 5) is 43.6. The fourth-order valence-corrected chi connectivity index (χ4v) is 7.77. The number of sulfonamides is 1. The van der Waals surface area contributed by atoms with Crippen molar-refractivity contribution in [1.82, 2.24) is 34.5 Å². The van der Waals surface area contributed by atoms with Crippen LogP contribution in [0.15, 0.2) is 66.0 Å². The van der Waals surface area contributed by atoms with E-state index in [9.17, 15) is 18.0 Å². The van der Waals surface area contributed by atoms with Crippen LogP contribution in [0, 0.1) is 0 Å². The van der Waals surface area contributed by atoms with Gasteiger partial charge in [0.05, 0.1) is 47.5 Å². The molecule has 3 aromatic heterocycles. The SMILES string of the molecule is COc1nn(C)cc1Nc1nccc(-c2c[nH]c3c(N4C(=O)c5c(NC(=O)[C@@H](C)N6CCN(C)CC6)cccc5S4(=O)=O)cccc23)n1.Cl. The van der Waals surface area contributed by atoms with Crippen molar-refractivity contribution in [3.8, 4) is 17.1 Å². The Hall–Kier alpha value is -5.03. The first-order valence-corrected chi connectivity index (χ1v) is 16.7. The number of hydrogen-bond acceptors (Lipinski definition) is 11. The highest BCUT2D eigenvalue weighted by Gasteiger charge is 2.45. The van der Waals surface area contributed by atoms with Gasteiger partial charge in [-0.1, -0.05) is 18.2 Å². The molecular weight excluding hydrogens is 672 g/mol. The van der Waals surface area contributed by atoms with E-state index in [1.54, 1.807) is 54.6 Å². The molecule has 5 heterocycles. The van der Waals surface area contributed by atoms with Gasteiger partial charge in [-0.25, -0.2) is 18.4 Å². The lowest BCUT2D eigenvalue weighted by atomic mass is 10.1. The van der Waals surface area contributed by atoms with Crippen molar-refractivity contribution in [2.45, 2.75) is 17.9 Å². The predicted molar refractivity (Wildman–Crippen MR) is 187 cm³/mol. The molecule has 2 amide bonds. The van der Waals surface area contributed by atoms with Crippen LogP contribution < -0.4 is 19.7 Å². The summed E-state index contributed by atoms with van der Waals surface area (Å²) in [6.07, 6.45) is 5.04. The van der Waals surface area contributed by atoms with Crippen molar-refractivity contribution < 1.29 is 22.7 Å². The molecule has 2 aliphatic heterocycles. The van der Waals surface area contributed by atoms with Crippen LogP contribution in [0.5, 0.6) is 5.88 Å². The van der Waals surface area contributed by atoms with Gasteiger partial charge in [0.25, 0.3) is 21.8 Å². The third-order valence-corrected chi connectivity index (χ3v) is 10.5. The molecule has 0 saturated carbocycles. The van der Waals surface area contributed by atoms with Crippen LogP contribution in [0.4, 0.5) is 23.0 Å². The lowest BCUT2D eigenvalue weighted by Gasteiger charge is -2.35. The van der Waals surface area contributed by atoms with Gasteiger partial charge in [-0.15, -0.1) is 17.5 Å². The Morgan fingerprint density at radius 2 is 1.80 bits per heavy atom. The summed E-state index contributed by atoms with van der Waals surface area (Å²) < 4.78 is 35.6. The van der Waals surface area contributed by atoms with E-state index < -0.39 is 22.0 Å². The summed E-state index contributed by atoms with van der Waals surface area (Å²) in [5.41, 5.74) is 2.46. The van der Waals surface area contributed by atoms with Crippen LogP contribution in [0.25, 0.3) is 22.2 Å². The second kappa shape index (κ2) is 13.1. The smallest absolute Gasteiger partial charge is 0.275 e. The average Bonchev–Trinajstić information content (AvgIpc) is 3.73. The number of benzene rings is 2. The molecule has 0 bridgehead atoms. The van der Waals surface area contributed by atoms with Gasteiger partial charge in [-0.3, -0.25) is 19.2 Å². The van der Waals surface area contributed by atoms with Crippen molar-refractivity contribution in [3.05, 3.63) is 66.6 Å². The van der Waals surface area contributed by atoms with E-state index in [0.717, 1.165) is 30.5 Å². The highest BCUT2D eigenvalue weighted by Crippen LogP contribution is 2.42. The second-order valence-corrected chi connectivity index (χ2v) is 13.5. The monoisotopic (exact) mass is 706 g/mol. The topological polar surface area (TPSA) is 171 Å². The molecule has 15 nitrogen and oxygen atoms in total. The van der Waals surface area contributed by atoms with Gasteiger partial charge in [0.15, 0.2) is 0 Å². The minimum atomic E-state index is -4.31. The molecule has 5 aromatic rings. The maximum Gasteiger partial charge on any atom is 0.275 e. The fraction of sp³-hybridized carbons (Fsp3) is 0.281. The zero-order valence-corrected chi connectivity index (χ0v) is 28.8. The van der Waals surface area contributed by atoms with Gasteiger partial charge in [0.2, 0.25) is 11.9 Å². The minimum absolute atomic E-state index is 0. The highest BCUT2D eigenvalue weighted by atomic mass is 35.5. The Bertz CT molecular complexity index is 2180. The zero-order valence-electron chi connectivity index (χ0n) is 27.2. The first-order valence-electron chi connectivity index (χ1n) is 15.3. The normalized spacial score (nSPS) is 16.7. The van der Waals surface area contributed by atoms with E-state index in [1.165, 1.54) is 19.2 Å². The number of piperazine rings is 1. The standard InChI is InChI=1S/C32H34N10O5S.ClH/c1-19(41-15-13-39(2)14-16-41)29(43)35-23-8-6-10-26-27(23)31(44)42(48(26,45)46)25-9-5-7-20-21(17-34-28(20)25)22-11-12-33-32(36-22)37-24-18-40(3)38-30(24)47-4;/h5-12,17-19,34H,13-16H2,1-4H3,(H,35,43)(H,33,36,37);1H/t19-;/m1./s1. The molecule has 49 heavy (non-hydrogen) atoms. The number of hydrogen-bond donors (Lipinski definition) is 3. The third-order valence-electron chi connectivity index (χ3n) is 8.74. The molecule has 1 fully saturated rings. The molecule has 0 unspecified atom stereocenters. The van der Waals surface area contributed by atoms with Crippen molar-refractivity contribution in [2.75, 3.05) is 55.3 Å². The molecule has 1 atom stereocenters. The van der Waals surface area contributed by atoms with Crippen molar-refractivity contribution >= 4 is 68.2 Å². The van der Waals surface area contributed by atoms with Crippen LogP contribution in [0.3, 0.4) is 0 Å². The Morgan fingerprint density at radius 1 is 1.04 bits per heavy atom. The number of halogens is 1. The van der Waals surface area contributed by atoms with Crippen LogP contribution in [0.2, 0.25) is 0 Å². The molecule has 2 aliphatic rings. The van der Waals surface area contributed by atoms with Crippen LogP contribution in [-0.4, -0.2) is 101 Å². The number of rotatable bonds is 8. The summed E-state index contributed by atoms with van der Waals surface area (Å²) in [5, 5.41) is 10.8. The maximum atomic E-state index is 14.0. The van der Waals surface area contributed by atoms with Gasteiger partial charge < -0.3 is 25.3 Å². The van der Waals surface area contributed by atoms with Crippen molar-refractivity contribution in [2.24, 2.45) is 7.05 Å². The Labute approximate surface area is 288 Å². The number of anilines is 4. The molecule has 0 radical (unpaired) electrons. The quantitative estimate of drug-likeness (QED) is 0.216. The van der Waals surface area contributed by atoms with Crippen LogP contribution in [-0.2, 0) is 21.9 Å². The van der Waals surface area contributed by atoms with Gasteiger partial charge in [0, 0.05) is 56.6 Å². The average molecular weight is 707 g/mol. The number of aromatic nitrogens is 5. The number of aryl methyl sites for hydroxylation is 1. The minimum Gasteiger partial charge on any atom is -0.478 e. The number of carbonyl (C=O) groups is 2. The van der Waals surface area contributed by atoms with Gasteiger partial charge in [0.1, 0.15) is 10.6 Å². The summed E-state index contributed by atoms with van der Waals surface area (Å²) in [7, 11) is 1.02. The first-order chi connectivity index (χ1) is 23.1. The number of nitrogens with one attached hydrogen (secondary N) is 3. The highest BCUT2D eigenvalue weighted by molar-refractivity contribution is 7.94. The largest absolute Gasteiger partial charge is 0.478 e. The van der Waals surface area contributed by atoms with Gasteiger partial charge in [-0.2, -0.15) is 4.31 Å².